The average Bonchev–Trinajstić information content (AvgIpc) is 3.15. The van der Waals surface area contributed by atoms with Crippen molar-refractivity contribution in [3.63, 3.8) is 0 Å². The number of rotatable bonds is 9. The maximum Gasteiger partial charge on any atom is 0.286 e. The average molecular weight is 396 g/mol. The molecule has 1 aromatic carbocycles. The number of hydrogen-bond acceptors (Lipinski definition) is 5. The van der Waals surface area contributed by atoms with Crippen LogP contribution in [0, 0.1) is 10.1 Å². The predicted octanol–water partition coefficient (Wildman–Crippen LogP) is 3.94. The molecule has 0 radical (unpaired) electrons. The molecule has 8 heteroatoms. The molecule has 0 bridgehead atoms. The van der Waals surface area contributed by atoms with E-state index < -0.39 is 4.92 Å². The van der Waals surface area contributed by atoms with Crippen LogP contribution in [0.3, 0.4) is 0 Å². The van der Waals surface area contributed by atoms with Crippen molar-refractivity contribution in [3.05, 3.63) is 58.9 Å². The van der Waals surface area contributed by atoms with E-state index in [0.717, 1.165) is 31.5 Å². The first-order valence-corrected chi connectivity index (χ1v) is 9.66. The van der Waals surface area contributed by atoms with E-state index in [0.29, 0.717) is 17.1 Å². The molecule has 0 atom stereocenters. The maximum atomic E-state index is 12.3. The van der Waals surface area contributed by atoms with E-state index in [4.69, 9.17) is 4.74 Å². The van der Waals surface area contributed by atoms with Crippen molar-refractivity contribution >= 4 is 17.2 Å². The number of ether oxygens (including phenoxy) is 1. The zero-order valence-electron chi connectivity index (χ0n) is 16.6. The van der Waals surface area contributed by atoms with Crippen LogP contribution in [0.4, 0.5) is 5.69 Å². The fraction of sp³-hybridized carbons (Fsp3) is 0.333. The van der Waals surface area contributed by atoms with E-state index in [2.05, 4.69) is 4.98 Å². The minimum Gasteiger partial charge on any atom is -0.484 e. The number of aromatic nitrogens is 2. The van der Waals surface area contributed by atoms with Gasteiger partial charge in [0.25, 0.3) is 11.6 Å². The smallest absolute Gasteiger partial charge is 0.286 e. The minimum absolute atomic E-state index is 0.00931. The van der Waals surface area contributed by atoms with Crippen LogP contribution in [0.2, 0.25) is 0 Å². The lowest BCUT2D eigenvalue weighted by atomic mass is 10.2. The second-order valence-electron chi connectivity index (χ2n) is 6.73. The molecule has 0 spiro atoms. The third-order valence-corrected chi connectivity index (χ3v) is 4.50. The summed E-state index contributed by atoms with van der Waals surface area (Å²) in [7, 11) is 0. The Labute approximate surface area is 168 Å². The first-order chi connectivity index (χ1) is 14.0. The van der Waals surface area contributed by atoms with E-state index in [1.54, 1.807) is 28.8 Å². The van der Waals surface area contributed by atoms with Gasteiger partial charge in [0.1, 0.15) is 11.4 Å². The second kappa shape index (κ2) is 9.18. The van der Waals surface area contributed by atoms with Gasteiger partial charge < -0.3 is 9.64 Å². The highest BCUT2D eigenvalue weighted by Crippen LogP contribution is 2.23. The van der Waals surface area contributed by atoms with Crippen LogP contribution in [0.5, 0.6) is 5.75 Å². The Kier molecular flexibility index (Phi) is 6.43. The van der Waals surface area contributed by atoms with Crippen LogP contribution < -0.4 is 4.74 Å². The van der Waals surface area contributed by atoms with Crippen LogP contribution >= 0.6 is 0 Å². The Morgan fingerprint density at radius 3 is 2.41 bits per heavy atom. The second-order valence-corrected chi connectivity index (χ2v) is 6.73. The zero-order valence-corrected chi connectivity index (χ0v) is 16.6. The molecule has 3 aromatic rings. The van der Waals surface area contributed by atoms with E-state index in [9.17, 15) is 14.9 Å². The highest BCUT2D eigenvalue weighted by Gasteiger charge is 2.13. The quantitative estimate of drug-likeness (QED) is 0.404. The summed E-state index contributed by atoms with van der Waals surface area (Å²) in [5.74, 6) is 0.592. The molecule has 0 N–H and O–H groups in total. The number of fused-ring (bicyclic) bond motifs is 1. The van der Waals surface area contributed by atoms with Gasteiger partial charge in [-0.2, -0.15) is 0 Å². The molecule has 1 amide bonds. The van der Waals surface area contributed by atoms with Crippen LogP contribution in [-0.2, 0) is 4.79 Å². The lowest BCUT2D eigenvalue weighted by Crippen LogP contribution is -2.36. The Balaban J connectivity index is 1.67. The van der Waals surface area contributed by atoms with Crippen molar-refractivity contribution in [1.29, 1.82) is 0 Å². The van der Waals surface area contributed by atoms with Crippen molar-refractivity contribution in [2.45, 2.75) is 26.7 Å². The predicted molar refractivity (Wildman–Crippen MR) is 110 cm³/mol. The molecule has 2 aromatic heterocycles. The first kappa shape index (κ1) is 20.3. The van der Waals surface area contributed by atoms with Gasteiger partial charge >= 0.3 is 0 Å². The lowest BCUT2D eigenvalue weighted by molar-refractivity contribution is -0.385. The summed E-state index contributed by atoms with van der Waals surface area (Å²) in [5, 5.41) is 10.9. The number of benzene rings is 1. The Hall–Kier alpha value is -3.42. The summed E-state index contributed by atoms with van der Waals surface area (Å²) < 4.78 is 7.27. The van der Waals surface area contributed by atoms with Crippen LogP contribution in [0.25, 0.3) is 16.9 Å². The fourth-order valence-corrected chi connectivity index (χ4v) is 3.09. The Morgan fingerprint density at radius 1 is 1.10 bits per heavy atom. The van der Waals surface area contributed by atoms with E-state index in [1.165, 1.54) is 12.3 Å². The molecule has 29 heavy (non-hydrogen) atoms. The van der Waals surface area contributed by atoms with Crippen molar-refractivity contribution in [2.24, 2.45) is 0 Å². The standard InChI is InChI=1S/C21H24N4O4/c1-3-11-23(12-4-2)21(26)15-29-18-8-5-16(6-9-18)19-14-24-13-17(25(27)28)7-10-20(24)22-19/h5-10,13-14H,3-4,11-12,15H2,1-2H3. The van der Waals surface area contributed by atoms with Crippen LogP contribution in [-0.4, -0.2) is 44.8 Å². The van der Waals surface area contributed by atoms with Gasteiger partial charge in [-0.05, 0) is 43.2 Å². The number of nitrogens with zero attached hydrogens (tertiary/aromatic N) is 4. The number of hydrogen-bond donors (Lipinski definition) is 0. The largest absolute Gasteiger partial charge is 0.484 e. The molecular formula is C21H24N4O4. The van der Waals surface area contributed by atoms with Gasteiger partial charge in [-0.1, -0.05) is 13.8 Å². The summed E-state index contributed by atoms with van der Waals surface area (Å²) >= 11 is 0. The molecule has 0 unspecified atom stereocenters. The highest BCUT2D eigenvalue weighted by molar-refractivity contribution is 5.77. The van der Waals surface area contributed by atoms with Crippen LogP contribution in [0.1, 0.15) is 26.7 Å². The third-order valence-electron chi connectivity index (χ3n) is 4.50. The van der Waals surface area contributed by atoms with Gasteiger partial charge in [0.05, 0.1) is 16.8 Å². The van der Waals surface area contributed by atoms with Gasteiger partial charge in [-0.15, -0.1) is 0 Å². The SMILES string of the molecule is CCCN(CCC)C(=O)COc1ccc(-c2cn3cc([N+](=O)[O-])ccc3n2)cc1. The molecule has 3 rings (SSSR count). The molecule has 0 saturated heterocycles. The maximum absolute atomic E-state index is 12.3. The molecule has 0 aliphatic carbocycles. The van der Waals surface area contributed by atoms with Gasteiger partial charge in [-0.3, -0.25) is 19.3 Å². The molecule has 0 fully saturated rings. The molecular weight excluding hydrogens is 372 g/mol. The van der Waals surface area contributed by atoms with E-state index in [-0.39, 0.29) is 18.2 Å². The lowest BCUT2D eigenvalue weighted by Gasteiger charge is -2.21. The molecule has 0 saturated carbocycles. The number of amides is 1. The van der Waals surface area contributed by atoms with E-state index >= 15 is 0 Å². The van der Waals surface area contributed by atoms with Gasteiger partial charge in [0.2, 0.25) is 0 Å². The summed E-state index contributed by atoms with van der Waals surface area (Å²) in [4.78, 5) is 29.1. The minimum atomic E-state index is -0.436. The van der Waals surface area contributed by atoms with Crippen LogP contribution in [0.15, 0.2) is 48.8 Å². The third kappa shape index (κ3) is 4.90. The molecule has 2 heterocycles. The molecule has 0 aliphatic rings. The summed E-state index contributed by atoms with van der Waals surface area (Å²) in [6.45, 7) is 5.58. The monoisotopic (exact) mass is 396 g/mol. The van der Waals surface area contributed by atoms with Gasteiger partial charge in [-0.25, -0.2) is 4.98 Å². The van der Waals surface area contributed by atoms with Crippen molar-refractivity contribution in [3.8, 4) is 17.0 Å². The van der Waals surface area contributed by atoms with Crippen molar-refractivity contribution < 1.29 is 14.5 Å². The molecule has 0 aliphatic heterocycles. The molecule has 152 valence electrons. The summed E-state index contributed by atoms with van der Waals surface area (Å²) in [6.07, 6.45) is 5.02. The zero-order chi connectivity index (χ0) is 20.8. The van der Waals surface area contributed by atoms with E-state index in [1.807, 2.05) is 30.9 Å². The normalized spacial score (nSPS) is 10.8. The molecule has 8 nitrogen and oxygen atoms in total. The number of nitro groups is 1. The van der Waals surface area contributed by atoms with Gasteiger partial charge in [0, 0.05) is 30.9 Å². The Morgan fingerprint density at radius 2 is 1.79 bits per heavy atom. The number of pyridine rings is 1. The van der Waals surface area contributed by atoms with Crippen molar-refractivity contribution in [1.82, 2.24) is 14.3 Å². The first-order valence-electron chi connectivity index (χ1n) is 9.66. The number of carbonyl (C=O) groups is 1. The summed E-state index contributed by atoms with van der Waals surface area (Å²) in [6, 6.07) is 10.3. The fourth-order valence-electron chi connectivity index (χ4n) is 3.09. The van der Waals surface area contributed by atoms with Gasteiger partial charge in [0.15, 0.2) is 6.61 Å². The highest BCUT2D eigenvalue weighted by atomic mass is 16.6. The number of imidazole rings is 1. The topological polar surface area (TPSA) is 90.0 Å². The van der Waals surface area contributed by atoms with Crippen molar-refractivity contribution in [2.75, 3.05) is 19.7 Å². The number of carbonyl (C=O) groups excluding carboxylic acids is 1. The Bertz CT molecular complexity index is 992. The summed E-state index contributed by atoms with van der Waals surface area (Å²) in [5.41, 5.74) is 2.19.